The van der Waals surface area contributed by atoms with E-state index in [0.29, 0.717) is 18.0 Å². The lowest BCUT2D eigenvalue weighted by Gasteiger charge is -2.14. The second-order valence-corrected chi connectivity index (χ2v) is 5.26. The summed E-state index contributed by atoms with van der Waals surface area (Å²) in [6, 6.07) is 5.72. The minimum atomic E-state index is -0.123. The average molecular weight is 279 g/mol. The summed E-state index contributed by atoms with van der Waals surface area (Å²) in [5.41, 5.74) is 0.537. The number of hydrogen-bond donors (Lipinski definition) is 2. The van der Waals surface area contributed by atoms with Crippen LogP contribution < -0.4 is 5.32 Å². The Morgan fingerprint density at radius 2 is 2.32 bits per heavy atom. The molecule has 0 saturated heterocycles. The molecule has 2 aromatic heterocycles. The van der Waals surface area contributed by atoms with E-state index in [4.69, 9.17) is 9.52 Å². The van der Waals surface area contributed by atoms with E-state index in [0.717, 1.165) is 12.8 Å². The van der Waals surface area contributed by atoms with E-state index in [1.165, 1.54) is 17.4 Å². The van der Waals surface area contributed by atoms with E-state index in [2.05, 4.69) is 11.4 Å². The zero-order valence-electron chi connectivity index (χ0n) is 10.5. The van der Waals surface area contributed by atoms with Crippen LogP contribution in [-0.4, -0.2) is 24.2 Å². The molecule has 2 heterocycles. The zero-order chi connectivity index (χ0) is 13.5. The fourth-order valence-electron chi connectivity index (χ4n) is 1.96. The molecular weight excluding hydrogens is 262 g/mol. The molecule has 0 spiro atoms. The van der Waals surface area contributed by atoms with Crippen LogP contribution in [0.15, 0.2) is 40.5 Å². The Hall–Kier alpha value is -1.59. The van der Waals surface area contributed by atoms with Gasteiger partial charge in [0, 0.05) is 18.0 Å². The van der Waals surface area contributed by atoms with Gasteiger partial charge in [0.25, 0.3) is 5.91 Å². The summed E-state index contributed by atoms with van der Waals surface area (Å²) in [6.45, 7) is 0.755. The number of nitrogens with one attached hydrogen (secondary N) is 1. The number of aliphatic hydroxyl groups excluding tert-OH is 1. The fraction of sp³-hybridized carbons (Fsp3) is 0.357. The van der Waals surface area contributed by atoms with E-state index in [1.807, 2.05) is 11.4 Å². The molecule has 0 aromatic carbocycles. The Kier molecular flexibility index (Phi) is 5.18. The highest BCUT2D eigenvalue weighted by atomic mass is 32.1. The van der Waals surface area contributed by atoms with Crippen LogP contribution in [0.5, 0.6) is 0 Å². The number of rotatable bonds is 7. The molecule has 102 valence electrons. The first kappa shape index (κ1) is 13.8. The molecule has 0 aliphatic carbocycles. The third kappa shape index (κ3) is 3.94. The predicted molar refractivity (Wildman–Crippen MR) is 74.4 cm³/mol. The maximum absolute atomic E-state index is 11.7. The molecule has 1 atom stereocenters. The Morgan fingerprint density at radius 1 is 1.42 bits per heavy atom. The highest BCUT2D eigenvalue weighted by Gasteiger charge is 2.13. The smallest absolute Gasteiger partial charge is 0.254 e. The van der Waals surface area contributed by atoms with Crippen LogP contribution >= 0.6 is 11.3 Å². The first-order valence-electron chi connectivity index (χ1n) is 6.26. The lowest BCUT2D eigenvalue weighted by atomic mass is 10.00. The van der Waals surface area contributed by atoms with Crippen LogP contribution in [0.2, 0.25) is 0 Å². The van der Waals surface area contributed by atoms with Gasteiger partial charge in [-0.05, 0) is 36.3 Å². The van der Waals surface area contributed by atoms with Gasteiger partial charge in [-0.1, -0.05) is 6.07 Å². The lowest BCUT2D eigenvalue weighted by molar-refractivity contribution is 0.0951. The summed E-state index contributed by atoms with van der Waals surface area (Å²) in [7, 11) is 0. The Morgan fingerprint density at radius 3 is 2.95 bits per heavy atom. The van der Waals surface area contributed by atoms with Crippen molar-refractivity contribution in [3.8, 4) is 0 Å². The quantitative estimate of drug-likeness (QED) is 0.819. The average Bonchev–Trinajstić information content (AvgIpc) is 3.10. The van der Waals surface area contributed by atoms with Crippen molar-refractivity contribution in [2.24, 2.45) is 0 Å². The van der Waals surface area contributed by atoms with Crippen molar-refractivity contribution >= 4 is 17.2 Å². The third-order valence-electron chi connectivity index (χ3n) is 2.98. The Bertz CT molecular complexity index is 479. The summed E-state index contributed by atoms with van der Waals surface area (Å²) in [5.74, 6) is 0.178. The third-order valence-corrected chi connectivity index (χ3v) is 4.02. The predicted octanol–water partition coefficient (Wildman–Crippen LogP) is 2.63. The molecule has 1 unspecified atom stereocenters. The van der Waals surface area contributed by atoms with Gasteiger partial charge in [0.1, 0.15) is 6.26 Å². The first-order valence-corrected chi connectivity index (χ1v) is 7.14. The summed E-state index contributed by atoms with van der Waals surface area (Å²) in [5, 5.41) is 14.0. The van der Waals surface area contributed by atoms with E-state index in [1.54, 1.807) is 17.4 Å². The second-order valence-electron chi connectivity index (χ2n) is 4.28. The Balaban J connectivity index is 1.81. The first-order chi connectivity index (χ1) is 9.31. The zero-order valence-corrected chi connectivity index (χ0v) is 11.4. The highest BCUT2D eigenvalue weighted by molar-refractivity contribution is 7.10. The molecular formula is C14H17NO3S. The number of hydrogen-bond acceptors (Lipinski definition) is 4. The van der Waals surface area contributed by atoms with E-state index >= 15 is 0 Å². The minimum Gasteiger partial charge on any atom is -0.472 e. The largest absolute Gasteiger partial charge is 0.472 e. The van der Waals surface area contributed by atoms with Gasteiger partial charge in [0.2, 0.25) is 0 Å². The normalized spacial score (nSPS) is 12.3. The van der Waals surface area contributed by atoms with Crippen LogP contribution in [0.1, 0.15) is 34.0 Å². The number of carbonyl (C=O) groups excluding carboxylic acids is 1. The maximum atomic E-state index is 11.7. The SMILES string of the molecule is O=C(NCCC(CCO)c1cccs1)c1ccoc1. The second kappa shape index (κ2) is 7.11. The molecule has 0 saturated carbocycles. The summed E-state index contributed by atoms with van der Waals surface area (Å²) >= 11 is 1.69. The van der Waals surface area contributed by atoms with Gasteiger partial charge in [-0.3, -0.25) is 4.79 Å². The molecule has 0 aliphatic rings. The van der Waals surface area contributed by atoms with Crippen molar-refractivity contribution in [2.45, 2.75) is 18.8 Å². The van der Waals surface area contributed by atoms with E-state index in [-0.39, 0.29) is 12.5 Å². The Labute approximate surface area is 116 Å². The van der Waals surface area contributed by atoms with Gasteiger partial charge in [-0.15, -0.1) is 11.3 Å². The monoisotopic (exact) mass is 279 g/mol. The number of furan rings is 1. The molecule has 0 bridgehead atoms. The van der Waals surface area contributed by atoms with Gasteiger partial charge < -0.3 is 14.8 Å². The topological polar surface area (TPSA) is 62.5 Å². The maximum Gasteiger partial charge on any atom is 0.254 e. The fourth-order valence-corrected chi connectivity index (χ4v) is 2.86. The van der Waals surface area contributed by atoms with Crippen LogP contribution in [0, 0.1) is 0 Å². The summed E-state index contributed by atoms with van der Waals surface area (Å²) < 4.78 is 4.87. The van der Waals surface area contributed by atoms with E-state index < -0.39 is 0 Å². The molecule has 0 radical (unpaired) electrons. The molecule has 4 nitrogen and oxygen atoms in total. The van der Waals surface area contributed by atoms with Gasteiger partial charge in [-0.2, -0.15) is 0 Å². The number of aliphatic hydroxyl groups is 1. The number of thiophene rings is 1. The van der Waals surface area contributed by atoms with Crippen molar-refractivity contribution in [2.75, 3.05) is 13.2 Å². The molecule has 2 N–H and O–H groups in total. The number of carbonyl (C=O) groups is 1. The van der Waals surface area contributed by atoms with Crippen molar-refractivity contribution in [3.63, 3.8) is 0 Å². The number of amides is 1. The lowest BCUT2D eigenvalue weighted by Crippen LogP contribution is -2.25. The molecule has 0 fully saturated rings. The summed E-state index contributed by atoms with van der Waals surface area (Å²) in [4.78, 5) is 13.0. The minimum absolute atomic E-state index is 0.123. The standard InChI is InChI=1S/C14H17NO3S/c16-7-4-11(13-2-1-9-19-13)3-6-15-14(17)12-5-8-18-10-12/h1-2,5,8-11,16H,3-4,6-7H2,(H,15,17). The van der Waals surface area contributed by atoms with E-state index in [9.17, 15) is 4.79 Å². The highest BCUT2D eigenvalue weighted by Crippen LogP contribution is 2.26. The molecule has 5 heteroatoms. The van der Waals surface area contributed by atoms with Crippen LogP contribution in [0.3, 0.4) is 0 Å². The van der Waals surface area contributed by atoms with Gasteiger partial charge >= 0.3 is 0 Å². The van der Waals surface area contributed by atoms with Gasteiger partial charge in [-0.25, -0.2) is 0 Å². The molecule has 2 rings (SSSR count). The van der Waals surface area contributed by atoms with Crippen LogP contribution in [0.4, 0.5) is 0 Å². The molecule has 2 aromatic rings. The molecule has 19 heavy (non-hydrogen) atoms. The molecule has 0 aliphatic heterocycles. The van der Waals surface area contributed by atoms with Crippen molar-refractivity contribution in [3.05, 3.63) is 46.5 Å². The summed E-state index contributed by atoms with van der Waals surface area (Å²) in [6.07, 6.45) is 4.46. The van der Waals surface area contributed by atoms with Crippen LogP contribution in [-0.2, 0) is 0 Å². The van der Waals surface area contributed by atoms with Crippen LogP contribution in [0.25, 0.3) is 0 Å². The van der Waals surface area contributed by atoms with Gasteiger partial charge in [0.15, 0.2) is 0 Å². The van der Waals surface area contributed by atoms with Crippen molar-refractivity contribution < 1.29 is 14.3 Å². The van der Waals surface area contributed by atoms with Crippen molar-refractivity contribution in [1.29, 1.82) is 0 Å². The van der Waals surface area contributed by atoms with Crippen molar-refractivity contribution in [1.82, 2.24) is 5.32 Å². The molecule has 1 amide bonds. The van der Waals surface area contributed by atoms with Gasteiger partial charge in [0.05, 0.1) is 11.8 Å².